The lowest BCUT2D eigenvalue weighted by Gasteiger charge is -2.07. The fourth-order valence-electron chi connectivity index (χ4n) is 3.34. The van der Waals surface area contributed by atoms with Gasteiger partial charge in [0.25, 0.3) is 5.56 Å². The molecule has 2 aromatic heterocycles. The lowest BCUT2D eigenvalue weighted by molar-refractivity contribution is -0.116. The van der Waals surface area contributed by atoms with Crippen molar-refractivity contribution in [2.75, 3.05) is 5.32 Å². The lowest BCUT2D eigenvalue weighted by atomic mass is 10.2. The zero-order valence-electron chi connectivity index (χ0n) is 14.8. The van der Waals surface area contributed by atoms with Gasteiger partial charge in [0.1, 0.15) is 16.4 Å². The molecule has 1 amide bonds. The van der Waals surface area contributed by atoms with E-state index >= 15 is 0 Å². The van der Waals surface area contributed by atoms with Crippen molar-refractivity contribution in [3.05, 3.63) is 50.9 Å². The number of nitrogens with one attached hydrogen (secondary N) is 2. The topological polar surface area (TPSA) is 84.1 Å². The van der Waals surface area contributed by atoms with Gasteiger partial charge in [-0.15, -0.1) is 11.3 Å². The molecule has 2 N–H and O–H groups in total. The number of hydrogen-bond acceptors (Lipinski definition) is 5. The van der Waals surface area contributed by atoms with Crippen LogP contribution in [-0.2, 0) is 24.1 Å². The molecule has 1 aliphatic rings. The van der Waals surface area contributed by atoms with Gasteiger partial charge in [-0.1, -0.05) is 0 Å². The maximum atomic E-state index is 12.4. The molecule has 1 aromatic carbocycles. The summed E-state index contributed by atoms with van der Waals surface area (Å²) in [6.07, 6.45) is 3.42. The molecule has 0 unspecified atom stereocenters. The molecule has 0 saturated heterocycles. The largest absolute Gasteiger partial charge is 0.435 e. The molecule has 0 atom stereocenters. The number of carbonyl (C=O) groups is 1. The number of carbonyl (C=O) groups excluding carboxylic acids is 1. The van der Waals surface area contributed by atoms with Crippen LogP contribution in [0.2, 0.25) is 0 Å². The Kier molecular flexibility index (Phi) is 5.08. The SMILES string of the molecule is O=C(CCc1nc2sc3c(c2c(=O)[nH]1)CCC3)Nc1ccc(OC(F)F)cc1. The highest BCUT2D eigenvalue weighted by Crippen LogP contribution is 2.34. The van der Waals surface area contributed by atoms with Crippen molar-refractivity contribution in [3.63, 3.8) is 0 Å². The first-order valence-electron chi connectivity index (χ1n) is 8.88. The summed E-state index contributed by atoms with van der Waals surface area (Å²) < 4.78 is 28.5. The van der Waals surface area contributed by atoms with Crippen molar-refractivity contribution in [3.8, 4) is 5.75 Å². The van der Waals surface area contributed by atoms with Crippen molar-refractivity contribution in [1.82, 2.24) is 9.97 Å². The van der Waals surface area contributed by atoms with E-state index in [1.54, 1.807) is 11.3 Å². The van der Waals surface area contributed by atoms with Gasteiger partial charge in [0.15, 0.2) is 0 Å². The minimum Gasteiger partial charge on any atom is -0.435 e. The number of halogens is 2. The Morgan fingerprint density at radius 1 is 1.29 bits per heavy atom. The molecule has 0 aliphatic heterocycles. The first-order chi connectivity index (χ1) is 13.5. The third kappa shape index (κ3) is 3.89. The number of aromatic nitrogens is 2. The van der Waals surface area contributed by atoms with Crippen LogP contribution in [-0.4, -0.2) is 22.5 Å². The Hall–Kier alpha value is -2.81. The van der Waals surface area contributed by atoms with E-state index in [2.05, 4.69) is 20.0 Å². The Morgan fingerprint density at radius 2 is 2.07 bits per heavy atom. The first-order valence-corrected chi connectivity index (χ1v) is 9.69. The molecule has 146 valence electrons. The lowest BCUT2D eigenvalue weighted by Crippen LogP contribution is -2.16. The quantitative estimate of drug-likeness (QED) is 0.656. The van der Waals surface area contributed by atoms with Crippen LogP contribution in [0.1, 0.15) is 29.1 Å². The summed E-state index contributed by atoms with van der Waals surface area (Å²) in [5.41, 5.74) is 1.45. The second-order valence-electron chi connectivity index (χ2n) is 6.50. The van der Waals surface area contributed by atoms with Gasteiger partial charge in [0.05, 0.1) is 5.39 Å². The molecule has 2 heterocycles. The number of aryl methyl sites for hydroxylation is 3. The fraction of sp³-hybridized carbons (Fsp3) is 0.316. The summed E-state index contributed by atoms with van der Waals surface area (Å²) in [6.45, 7) is -2.89. The molecular formula is C19H17F2N3O3S. The zero-order valence-corrected chi connectivity index (χ0v) is 15.6. The van der Waals surface area contributed by atoms with Crippen LogP contribution in [0.3, 0.4) is 0 Å². The Balaban J connectivity index is 1.39. The summed E-state index contributed by atoms with van der Waals surface area (Å²) in [4.78, 5) is 33.8. The van der Waals surface area contributed by atoms with Gasteiger partial charge < -0.3 is 15.0 Å². The number of hydrogen-bond donors (Lipinski definition) is 2. The van der Waals surface area contributed by atoms with Crippen LogP contribution in [0.4, 0.5) is 14.5 Å². The van der Waals surface area contributed by atoms with Gasteiger partial charge in [0.2, 0.25) is 5.91 Å². The van der Waals surface area contributed by atoms with Gasteiger partial charge in [-0.05, 0) is 49.1 Å². The Morgan fingerprint density at radius 3 is 2.82 bits per heavy atom. The second kappa shape index (κ2) is 7.67. The molecule has 0 spiro atoms. The minimum atomic E-state index is -2.89. The van der Waals surface area contributed by atoms with Crippen molar-refractivity contribution in [1.29, 1.82) is 0 Å². The number of amides is 1. The number of aromatic amines is 1. The number of rotatable bonds is 6. The number of benzene rings is 1. The van der Waals surface area contributed by atoms with Gasteiger partial charge in [-0.3, -0.25) is 9.59 Å². The van der Waals surface area contributed by atoms with E-state index in [1.165, 1.54) is 29.1 Å². The summed E-state index contributed by atoms with van der Waals surface area (Å²) in [7, 11) is 0. The number of H-pyrrole nitrogens is 1. The highest BCUT2D eigenvalue weighted by atomic mass is 32.1. The van der Waals surface area contributed by atoms with Crippen molar-refractivity contribution in [2.24, 2.45) is 0 Å². The third-order valence-electron chi connectivity index (χ3n) is 4.58. The number of alkyl halides is 2. The summed E-state index contributed by atoms with van der Waals surface area (Å²) >= 11 is 1.56. The van der Waals surface area contributed by atoms with Crippen LogP contribution in [0.5, 0.6) is 5.75 Å². The standard InChI is InChI=1S/C19H17F2N3O3S/c20-19(21)27-11-6-4-10(5-7-11)22-15(25)9-8-14-23-17(26)16-12-2-1-3-13(12)28-18(16)24-14/h4-7,19H,1-3,8-9H2,(H,22,25)(H,23,24,26). The monoisotopic (exact) mass is 405 g/mol. The number of fused-ring (bicyclic) bond motifs is 3. The van der Waals surface area contributed by atoms with Crippen molar-refractivity contribution in [2.45, 2.75) is 38.7 Å². The molecule has 0 saturated carbocycles. The average molecular weight is 405 g/mol. The van der Waals surface area contributed by atoms with E-state index in [0.717, 1.165) is 29.7 Å². The zero-order chi connectivity index (χ0) is 19.7. The van der Waals surface area contributed by atoms with E-state index < -0.39 is 6.61 Å². The normalized spacial score (nSPS) is 13.1. The van der Waals surface area contributed by atoms with Crippen LogP contribution >= 0.6 is 11.3 Å². The predicted octanol–water partition coefficient (Wildman–Crippen LogP) is 3.65. The minimum absolute atomic E-state index is 0.0194. The Labute approximate surface area is 162 Å². The molecule has 0 fully saturated rings. The average Bonchev–Trinajstić information content (AvgIpc) is 3.22. The Bertz CT molecular complexity index is 1080. The number of anilines is 1. The van der Waals surface area contributed by atoms with Crippen molar-refractivity contribution >= 4 is 33.1 Å². The molecule has 3 aromatic rings. The highest BCUT2D eigenvalue weighted by Gasteiger charge is 2.21. The molecule has 1 aliphatic carbocycles. The van der Waals surface area contributed by atoms with E-state index in [0.29, 0.717) is 23.3 Å². The molecule has 4 rings (SSSR count). The van der Waals surface area contributed by atoms with Crippen LogP contribution in [0, 0.1) is 0 Å². The summed E-state index contributed by atoms with van der Waals surface area (Å²) in [5, 5.41) is 3.37. The maximum Gasteiger partial charge on any atom is 0.387 e. The van der Waals surface area contributed by atoms with Crippen LogP contribution < -0.4 is 15.6 Å². The fourth-order valence-corrected chi connectivity index (χ4v) is 4.62. The van der Waals surface area contributed by atoms with E-state index in [9.17, 15) is 18.4 Å². The number of nitrogens with zero attached hydrogens (tertiary/aromatic N) is 1. The second-order valence-corrected chi connectivity index (χ2v) is 7.58. The molecule has 0 bridgehead atoms. The van der Waals surface area contributed by atoms with Gasteiger partial charge in [0, 0.05) is 23.4 Å². The van der Waals surface area contributed by atoms with Gasteiger partial charge >= 0.3 is 6.61 Å². The predicted molar refractivity (Wildman–Crippen MR) is 102 cm³/mol. The summed E-state index contributed by atoms with van der Waals surface area (Å²) in [6, 6.07) is 5.67. The molecule has 0 radical (unpaired) electrons. The smallest absolute Gasteiger partial charge is 0.387 e. The van der Waals surface area contributed by atoms with Crippen LogP contribution in [0.15, 0.2) is 29.1 Å². The van der Waals surface area contributed by atoms with Crippen molar-refractivity contribution < 1.29 is 18.3 Å². The first kappa shape index (κ1) is 18.5. The third-order valence-corrected chi connectivity index (χ3v) is 5.76. The van der Waals surface area contributed by atoms with E-state index in [-0.39, 0.29) is 23.6 Å². The van der Waals surface area contributed by atoms with E-state index in [4.69, 9.17) is 0 Å². The van der Waals surface area contributed by atoms with Crippen LogP contribution in [0.25, 0.3) is 10.2 Å². The highest BCUT2D eigenvalue weighted by molar-refractivity contribution is 7.18. The molecular weight excluding hydrogens is 388 g/mol. The summed E-state index contributed by atoms with van der Waals surface area (Å²) in [5.74, 6) is 0.234. The van der Waals surface area contributed by atoms with Gasteiger partial charge in [-0.25, -0.2) is 4.98 Å². The molecule has 6 nitrogen and oxygen atoms in total. The molecule has 28 heavy (non-hydrogen) atoms. The van der Waals surface area contributed by atoms with E-state index in [1.807, 2.05) is 0 Å². The van der Waals surface area contributed by atoms with Gasteiger partial charge in [-0.2, -0.15) is 8.78 Å². The molecule has 9 heteroatoms. The number of thiophene rings is 1. The maximum absolute atomic E-state index is 12.4. The number of ether oxygens (including phenoxy) is 1.